The second kappa shape index (κ2) is 6.77. The van der Waals surface area contributed by atoms with Gasteiger partial charge in [0, 0.05) is 28.9 Å². The number of benzene rings is 1. The van der Waals surface area contributed by atoms with Gasteiger partial charge < -0.3 is 5.11 Å². The van der Waals surface area contributed by atoms with Crippen molar-refractivity contribution in [2.24, 2.45) is 0 Å². The van der Waals surface area contributed by atoms with E-state index in [1.165, 1.54) is 12.1 Å². The van der Waals surface area contributed by atoms with Crippen molar-refractivity contribution in [3.63, 3.8) is 0 Å². The zero-order valence-corrected chi connectivity index (χ0v) is 10.9. The molecule has 1 rings (SSSR count). The third-order valence-electron chi connectivity index (χ3n) is 2.08. The first-order chi connectivity index (χ1) is 8.54. The van der Waals surface area contributed by atoms with Gasteiger partial charge in [-0.2, -0.15) is 0 Å². The molecule has 0 amide bonds. The van der Waals surface area contributed by atoms with E-state index in [1.807, 2.05) is 0 Å². The fraction of sp³-hybridized carbons (Fsp3) is 0.250. The number of alkyl halides is 1. The predicted octanol–water partition coefficient (Wildman–Crippen LogP) is 2.36. The molecule has 0 atom stereocenters. The number of nitrogens with zero attached hydrogens (tertiary/aromatic N) is 1. The first-order valence-corrected chi connectivity index (χ1v) is 6.20. The fourth-order valence-corrected chi connectivity index (χ4v) is 1.53. The molecule has 0 radical (unpaired) electrons. The number of halogens is 1. The molecular weight excluding hydrogens is 302 g/mol. The highest BCUT2D eigenvalue weighted by Crippen LogP contribution is 2.20. The van der Waals surface area contributed by atoms with Crippen LogP contribution in [0.3, 0.4) is 0 Å². The van der Waals surface area contributed by atoms with Gasteiger partial charge in [-0.3, -0.25) is 14.9 Å². The number of carbonyl (C=O) groups is 1. The summed E-state index contributed by atoms with van der Waals surface area (Å²) >= 11 is 3.22. The maximum absolute atomic E-state index is 10.8. The van der Waals surface area contributed by atoms with Gasteiger partial charge >= 0.3 is 5.97 Å². The number of carboxylic acids is 1. The van der Waals surface area contributed by atoms with Crippen molar-refractivity contribution in [3.05, 3.63) is 39.4 Å². The van der Waals surface area contributed by atoms with Crippen LogP contribution >= 0.6 is 15.9 Å². The quantitative estimate of drug-likeness (QED) is 0.400. The molecule has 18 heavy (non-hydrogen) atoms. The minimum absolute atomic E-state index is 0.179. The Morgan fingerprint density at radius 2 is 2.22 bits per heavy atom. The van der Waals surface area contributed by atoms with Crippen molar-refractivity contribution < 1.29 is 14.8 Å². The fourth-order valence-electron chi connectivity index (χ4n) is 1.34. The van der Waals surface area contributed by atoms with Crippen LogP contribution in [0.25, 0.3) is 0 Å². The smallest absolute Gasteiger partial charge is 0.308 e. The molecule has 0 aliphatic carbocycles. The van der Waals surface area contributed by atoms with Crippen molar-refractivity contribution in [2.45, 2.75) is 12.8 Å². The van der Waals surface area contributed by atoms with Gasteiger partial charge in [-0.15, -0.1) is 0 Å². The van der Waals surface area contributed by atoms with Crippen LogP contribution in [0.2, 0.25) is 0 Å². The largest absolute Gasteiger partial charge is 0.481 e. The van der Waals surface area contributed by atoms with Crippen molar-refractivity contribution in [2.75, 3.05) is 5.33 Å². The lowest BCUT2D eigenvalue weighted by molar-refractivity contribution is -0.385. The third-order valence-corrected chi connectivity index (χ3v) is 2.47. The average molecular weight is 312 g/mol. The standard InChI is InChI=1S/C12H10BrNO4/c13-6-2-1-3-9-4-5-10(8-12(15)16)11(7-9)14(17)18/h4-5,7H,2,6,8H2,(H,15,16). The van der Waals surface area contributed by atoms with Crippen LogP contribution in [0.5, 0.6) is 0 Å². The Morgan fingerprint density at radius 3 is 2.78 bits per heavy atom. The summed E-state index contributed by atoms with van der Waals surface area (Å²) in [5.41, 5.74) is 0.485. The van der Waals surface area contributed by atoms with Crippen molar-refractivity contribution in [1.29, 1.82) is 0 Å². The Hall–Kier alpha value is -1.87. The Bertz CT molecular complexity index is 531. The lowest BCUT2D eigenvalue weighted by Gasteiger charge is -2.00. The summed E-state index contributed by atoms with van der Waals surface area (Å²) in [7, 11) is 0. The Labute approximate surface area is 112 Å². The molecule has 1 N–H and O–H groups in total. The van der Waals surface area contributed by atoms with Crippen molar-refractivity contribution >= 4 is 27.6 Å². The number of rotatable bonds is 4. The molecule has 0 unspecified atom stereocenters. The molecule has 94 valence electrons. The normalized spacial score (nSPS) is 9.39. The number of hydrogen-bond acceptors (Lipinski definition) is 3. The highest BCUT2D eigenvalue weighted by molar-refractivity contribution is 9.09. The second-order valence-electron chi connectivity index (χ2n) is 3.41. The van der Waals surface area contributed by atoms with Gasteiger partial charge in [0.1, 0.15) is 0 Å². The number of carboxylic acid groups (broad SMARTS) is 1. The van der Waals surface area contributed by atoms with Gasteiger partial charge in [0.15, 0.2) is 0 Å². The highest BCUT2D eigenvalue weighted by Gasteiger charge is 2.16. The lowest BCUT2D eigenvalue weighted by atomic mass is 10.1. The molecule has 0 aromatic heterocycles. The van der Waals surface area contributed by atoms with Gasteiger partial charge in [0.05, 0.1) is 11.3 Å². The van der Waals surface area contributed by atoms with Gasteiger partial charge in [0.2, 0.25) is 0 Å². The van der Waals surface area contributed by atoms with E-state index in [4.69, 9.17) is 5.11 Å². The van der Waals surface area contributed by atoms with Crippen LogP contribution in [-0.2, 0) is 11.2 Å². The van der Waals surface area contributed by atoms with Crippen LogP contribution in [0.15, 0.2) is 18.2 Å². The summed E-state index contributed by atoms with van der Waals surface area (Å²) in [4.78, 5) is 20.8. The number of nitro benzene ring substituents is 1. The SMILES string of the molecule is O=C(O)Cc1ccc(C#CCCBr)cc1[N+](=O)[O-]. The van der Waals surface area contributed by atoms with Gasteiger partial charge in [-0.25, -0.2) is 0 Å². The van der Waals surface area contributed by atoms with E-state index in [9.17, 15) is 14.9 Å². The van der Waals surface area contributed by atoms with E-state index in [1.54, 1.807) is 6.07 Å². The summed E-state index contributed by atoms with van der Waals surface area (Å²) < 4.78 is 0. The molecule has 0 aliphatic heterocycles. The van der Waals surface area contributed by atoms with Crippen LogP contribution in [0, 0.1) is 22.0 Å². The van der Waals surface area contributed by atoms with Crippen molar-refractivity contribution in [1.82, 2.24) is 0 Å². The van der Waals surface area contributed by atoms with E-state index in [-0.39, 0.29) is 17.7 Å². The molecular formula is C12H10BrNO4. The summed E-state index contributed by atoms with van der Waals surface area (Å²) in [6.45, 7) is 0. The molecule has 0 saturated carbocycles. The molecule has 6 heteroatoms. The van der Waals surface area contributed by atoms with E-state index >= 15 is 0 Å². The predicted molar refractivity (Wildman–Crippen MR) is 69.7 cm³/mol. The molecule has 0 fully saturated rings. The first kappa shape index (κ1) is 14.2. The number of aliphatic carboxylic acids is 1. The van der Waals surface area contributed by atoms with E-state index < -0.39 is 10.9 Å². The Morgan fingerprint density at radius 1 is 1.50 bits per heavy atom. The average Bonchev–Trinajstić information content (AvgIpc) is 2.30. The second-order valence-corrected chi connectivity index (χ2v) is 4.20. The Kier molecular flexibility index (Phi) is 5.33. The zero-order valence-electron chi connectivity index (χ0n) is 9.35. The summed E-state index contributed by atoms with van der Waals surface area (Å²) in [6.07, 6.45) is 0.274. The topological polar surface area (TPSA) is 80.4 Å². The summed E-state index contributed by atoms with van der Waals surface area (Å²) in [6, 6.07) is 4.33. The highest BCUT2D eigenvalue weighted by atomic mass is 79.9. The van der Waals surface area contributed by atoms with E-state index in [0.29, 0.717) is 12.0 Å². The van der Waals surface area contributed by atoms with Gasteiger partial charge in [-0.05, 0) is 6.07 Å². The van der Waals surface area contributed by atoms with E-state index in [0.717, 1.165) is 5.33 Å². The molecule has 0 heterocycles. The van der Waals surface area contributed by atoms with Gasteiger partial charge in [-0.1, -0.05) is 33.8 Å². The molecule has 0 saturated heterocycles. The number of nitro groups is 1. The molecule has 5 nitrogen and oxygen atoms in total. The monoisotopic (exact) mass is 311 g/mol. The van der Waals surface area contributed by atoms with Crippen molar-refractivity contribution in [3.8, 4) is 11.8 Å². The molecule has 0 spiro atoms. The minimum atomic E-state index is -1.10. The summed E-state index contributed by atoms with van der Waals surface area (Å²) in [5, 5.41) is 20.2. The van der Waals surface area contributed by atoms with Crippen LogP contribution in [0.4, 0.5) is 5.69 Å². The maximum atomic E-state index is 10.8. The van der Waals surface area contributed by atoms with E-state index in [2.05, 4.69) is 27.8 Å². The molecule has 1 aromatic rings. The zero-order chi connectivity index (χ0) is 13.5. The molecule has 0 bridgehead atoms. The Balaban J connectivity index is 3.08. The van der Waals surface area contributed by atoms with Crippen LogP contribution in [-0.4, -0.2) is 21.3 Å². The van der Waals surface area contributed by atoms with Gasteiger partial charge in [0.25, 0.3) is 5.69 Å². The molecule has 1 aromatic carbocycles. The summed E-state index contributed by atoms with van der Waals surface area (Å²) in [5.74, 6) is 4.53. The number of hydrogen-bond donors (Lipinski definition) is 1. The first-order valence-electron chi connectivity index (χ1n) is 5.08. The third kappa shape index (κ3) is 4.18. The molecule has 0 aliphatic rings. The maximum Gasteiger partial charge on any atom is 0.308 e. The van der Waals surface area contributed by atoms with Crippen LogP contribution < -0.4 is 0 Å². The lowest BCUT2D eigenvalue weighted by Crippen LogP contribution is -2.04. The minimum Gasteiger partial charge on any atom is -0.481 e. The van der Waals surface area contributed by atoms with Crippen LogP contribution in [0.1, 0.15) is 17.5 Å².